The van der Waals surface area contributed by atoms with E-state index < -0.39 is 6.67 Å². The Balaban J connectivity index is 1.91. The third-order valence-corrected chi connectivity index (χ3v) is 3.10. The first-order valence-electron chi connectivity index (χ1n) is 7.63. The first-order chi connectivity index (χ1) is 11.4. The molecule has 0 saturated heterocycles. The van der Waals surface area contributed by atoms with Crippen LogP contribution in [0.3, 0.4) is 0 Å². The van der Waals surface area contributed by atoms with Crippen molar-refractivity contribution in [3.05, 3.63) is 36.4 Å². The Bertz CT molecular complexity index is 681. The van der Waals surface area contributed by atoms with Crippen LogP contribution in [0, 0.1) is 0 Å². The maximum Gasteiger partial charge on any atom is 0.319 e. The molecule has 2 amide bonds. The van der Waals surface area contributed by atoms with Crippen LogP contribution < -0.4 is 15.4 Å². The molecule has 1 heterocycles. The van der Waals surface area contributed by atoms with Crippen molar-refractivity contribution in [2.75, 3.05) is 18.6 Å². The van der Waals surface area contributed by atoms with Crippen molar-refractivity contribution in [1.82, 2.24) is 20.1 Å². The second-order valence-electron chi connectivity index (χ2n) is 6.13. The van der Waals surface area contributed by atoms with Gasteiger partial charge in [0.05, 0.1) is 12.1 Å². The number of rotatable bonds is 6. The molecule has 0 aliphatic heterocycles. The number of carbonyl (C=O) groups excluding carboxylic acids is 1. The van der Waals surface area contributed by atoms with Crippen LogP contribution in [-0.4, -0.2) is 34.1 Å². The molecule has 24 heavy (non-hydrogen) atoms. The Kier molecular flexibility index (Phi) is 5.73. The smallest absolute Gasteiger partial charge is 0.319 e. The fourth-order valence-corrected chi connectivity index (χ4v) is 2.10. The molecular formula is C16H22FN5O2. The zero-order valence-corrected chi connectivity index (χ0v) is 14.0. The van der Waals surface area contributed by atoms with E-state index in [1.165, 1.54) is 6.33 Å². The number of hydrogen-bond acceptors (Lipinski definition) is 4. The zero-order chi connectivity index (χ0) is 17.6. The topological polar surface area (TPSA) is 81.1 Å². The van der Waals surface area contributed by atoms with Crippen LogP contribution in [0.1, 0.15) is 26.6 Å². The number of anilines is 1. The molecule has 0 radical (unpaired) electrons. The lowest BCUT2D eigenvalue weighted by Crippen LogP contribution is -2.32. The summed E-state index contributed by atoms with van der Waals surface area (Å²) >= 11 is 0. The summed E-state index contributed by atoms with van der Waals surface area (Å²) in [5.74, 6) is 1.16. The lowest BCUT2D eigenvalue weighted by atomic mass is 10.1. The number of ether oxygens (including phenoxy) is 1. The van der Waals surface area contributed by atoms with E-state index in [1.54, 1.807) is 28.9 Å². The van der Waals surface area contributed by atoms with Gasteiger partial charge in [-0.15, -0.1) is 0 Å². The summed E-state index contributed by atoms with van der Waals surface area (Å²) in [6, 6.07) is 6.40. The number of halogens is 1. The molecule has 2 aromatic rings. The molecule has 0 fully saturated rings. The van der Waals surface area contributed by atoms with Gasteiger partial charge in [0.15, 0.2) is 0 Å². The molecule has 1 aromatic carbocycles. The molecule has 0 atom stereocenters. The highest BCUT2D eigenvalue weighted by molar-refractivity contribution is 5.89. The van der Waals surface area contributed by atoms with Crippen LogP contribution >= 0.6 is 0 Å². The van der Waals surface area contributed by atoms with Gasteiger partial charge in [-0.25, -0.2) is 18.9 Å². The average Bonchev–Trinajstić information content (AvgIpc) is 3.00. The predicted octanol–water partition coefficient (Wildman–Crippen LogP) is 2.70. The number of amides is 2. The summed E-state index contributed by atoms with van der Waals surface area (Å²) in [5, 5.41) is 9.61. The van der Waals surface area contributed by atoms with Crippen molar-refractivity contribution >= 4 is 11.7 Å². The summed E-state index contributed by atoms with van der Waals surface area (Å²) in [4.78, 5) is 16.2. The fraction of sp³-hybridized carbons (Fsp3) is 0.438. The molecular weight excluding hydrogens is 313 g/mol. The van der Waals surface area contributed by atoms with Crippen molar-refractivity contribution in [1.29, 1.82) is 0 Å². The van der Waals surface area contributed by atoms with E-state index >= 15 is 0 Å². The van der Waals surface area contributed by atoms with Gasteiger partial charge in [0.1, 0.15) is 31.2 Å². The molecule has 0 saturated carbocycles. The van der Waals surface area contributed by atoms with Gasteiger partial charge in [-0.2, -0.15) is 5.10 Å². The Labute approximate surface area is 140 Å². The second kappa shape index (κ2) is 7.76. The lowest BCUT2D eigenvalue weighted by molar-refractivity contribution is 0.250. The molecule has 0 spiro atoms. The molecule has 0 aliphatic rings. The Hall–Kier alpha value is -2.64. The van der Waals surface area contributed by atoms with Crippen molar-refractivity contribution in [3.8, 4) is 5.75 Å². The van der Waals surface area contributed by atoms with Crippen LogP contribution in [0.15, 0.2) is 30.6 Å². The highest BCUT2D eigenvalue weighted by Crippen LogP contribution is 2.17. The second-order valence-corrected chi connectivity index (χ2v) is 6.13. The summed E-state index contributed by atoms with van der Waals surface area (Å²) in [5.41, 5.74) is 0.340. The number of carbonyl (C=O) groups is 1. The standard InChI is InChI=1S/C16H22FN5O2/c1-16(2,3)22-14(19-11-20-22)10-18-15(23)21-12-5-4-6-13(9-12)24-8-7-17/h4-6,9,11H,7-8,10H2,1-3H3,(H2,18,21,23). The van der Waals surface area contributed by atoms with E-state index in [1.807, 2.05) is 20.8 Å². The summed E-state index contributed by atoms with van der Waals surface area (Å²) in [6.45, 7) is 5.70. The normalized spacial score (nSPS) is 11.2. The monoisotopic (exact) mass is 335 g/mol. The molecule has 7 nitrogen and oxygen atoms in total. The average molecular weight is 335 g/mol. The molecule has 130 valence electrons. The van der Waals surface area contributed by atoms with Crippen molar-refractivity contribution in [2.24, 2.45) is 0 Å². The quantitative estimate of drug-likeness (QED) is 0.850. The van der Waals surface area contributed by atoms with Crippen molar-refractivity contribution < 1.29 is 13.9 Å². The summed E-state index contributed by atoms with van der Waals surface area (Å²) < 4.78 is 19.1. The summed E-state index contributed by atoms with van der Waals surface area (Å²) in [6.07, 6.45) is 1.46. The predicted molar refractivity (Wildman–Crippen MR) is 88.8 cm³/mol. The van der Waals surface area contributed by atoms with Gasteiger partial charge < -0.3 is 15.4 Å². The minimum absolute atomic E-state index is 0.0158. The summed E-state index contributed by atoms with van der Waals surface area (Å²) in [7, 11) is 0. The first kappa shape index (κ1) is 17.7. The van der Waals surface area contributed by atoms with Gasteiger partial charge >= 0.3 is 6.03 Å². The minimum Gasteiger partial charge on any atom is -0.491 e. The third-order valence-electron chi connectivity index (χ3n) is 3.10. The van der Waals surface area contributed by atoms with E-state index in [0.29, 0.717) is 17.3 Å². The highest BCUT2D eigenvalue weighted by Gasteiger charge is 2.18. The van der Waals surface area contributed by atoms with Gasteiger partial charge in [0.2, 0.25) is 0 Å². The van der Waals surface area contributed by atoms with Gasteiger partial charge in [-0.3, -0.25) is 0 Å². The molecule has 2 N–H and O–H groups in total. The number of aromatic nitrogens is 3. The molecule has 8 heteroatoms. The fourth-order valence-electron chi connectivity index (χ4n) is 2.10. The minimum atomic E-state index is -0.563. The van der Waals surface area contributed by atoms with Crippen LogP contribution in [0.4, 0.5) is 14.9 Å². The van der Waals surface area contributed by atoms with Gasteiger partial charge in [0.25, 0.3) is 0 Å². The first-order valence-corrected chi connectivity index (χ1v) is 7.63. The van der Waals surface area contributed by atoms with E-state index in [4.69, 9.17) is 4.74 Å². The number of alkyl halides is 1. The molecule has 2 rings (SSSR count). The van der Waals surface area contributed by atoms with E-state index in [9.17, 15) is 9.18 Å². The SMILES string of the molecule is CC(C)(C)n1ncnc1CNC(=O)Nc1cccc(OCCF)c1. The van der Waals surface area contributed by atoms with Gasteiger partial charge in [0, 0.05) is 11.8 Å². The van der Waals surface area contributed by atoms with Crippen LogP contribution in [0.5, 0.6) is 5.75 Å². The number of nitrogens with zero attached hydrogens (tertiary/aromatic N) is 3. The Morgan fingerprint density at radius 2 is 2.17 bits per heavy atom. The number of benzene rings is 1. The molecule has 0 aliphatic carbocycles. The van der Waals surface area contributed by atoms with Crippen molar-refractivity contribution in [2.45, 2.75) is 32.9 Å². The number of hydrogen-bond donors (Lipinski definition) is 2. The van der Waals surface area contributed by atoms with Crippen LogP contribution in [0.25, 0.3) is 0 Å². The van der Waals surface area contributed by atoms with Crippen LogP contribution in [0.2, 0.25) is 0 Å². The number of urea groups is 1. The maximum absolute atomic E-state index is 12.1. The lowest BCUT2D eigenvalue weighted by Gasteiger charge is -2.21. The van der Waals surface area contributed by atoms with E-state index in [-0.39, 0.29) is 24.7 Å². The van der Waals surface area contributed by atoms with Crippen LogP contribution in [-0.2, 0) is 12.1 Å². The maximum atomic E-state index is 12.1. The molecule has 1 aromatic heterocycles. The van der Waals surface area contributed by atoms with E-state index in [2.05, 4.69) is 20.7 Å². The van der Waals surface area contributed by atoms with Gasteiger partial charge in [-0.1, -0.05) is 6.07 Å². The molecule has 0 unspecified atom stereocenters. The Morgan fingerprint density at radius 1 is 1.38 bits per heavy atom. The number of nitrogens with one attached hydrogen (secondary N) is 2. The zero-order valence-electron chi connectivity index (χ0n) is 14.0. The van der Waals surface area contributed by atoms with E-state index in [0.717, 1.165) is 0 Å². The largest absolute Gasteiger partial charge is 0.491 e. The van der Waals surface area contributed by atoms with Crippen molar-refractivity contribution in [3.63, 3.8) is 0 Å². The Morgan fingerprint density at radius 3 is 2.88 bits per heavy atom. The highest BCUT2D eigenvalue weighted by atomic mass is 19.1. The van der Waals surface area contributed by atoms with Gasteiger partial charge in [-0.05, 0) is 32.9 Å². The third kappa shape index (κ3) is 4.94. The molecule has 0 bridgehead atoms.